The van der Waals surface area contributed by atoms with Gasteiger partial charge in [-0.2, -0.15) is 13.2 Å². The molecular formula is C20H22F3N3O2. The normalized spacial score (nSPS) is 15.8. The topological polar surface area (TPSA) is 53.6 Å². The Hall–Kier alpha value is -2.74. The first-order valence-electron chi connectivity index (χ1n) is 9.01. The lowest BCUT2D eigenvalue weighted by molar-refractivity contribution is -0.137. The van der Waals surface area contributed by atoms with E-state index in [0.717, 1.165) is 17.7 Å². The molecule has 1 aliphatic heterocycles. The van der Waals surface area contributed by atoms with Crippen molar-refractivity contribution in [3.63, 3.8) is 0 Å². The van der Waals surface area contributed by atoms with Crippen molar-refractivity contribution in [3.8, 4) is 0 Å². The molecule has 2 aromatic carbocycles. The molecule has 0 spiro atoms. The Morgan fingerprint density at radius 2 is 1.79 bits per heavy atom. The van der Waals surface area contributed by atoms with Crippen LogP contribution in [0.4, 0.5) is 29.3 Å². The molecule has 0 aromatic heterocycles. The lowest BCUT2D eigenvalue weighted by atomic mass is 10.1. The number of nitrogens with zero attached hydrogens (tertiary/aromatic N) is 1. The average Bonchev–Trinajstić information content (AvgIpc) is 2.68. The summed E-state index contributed by atoms with van der Waals surface area (Å²) in [7, 11) is 0. The number of carbonyl (C=O) groups is 1. The number of rotatable bonds is 4. The second kappa shape index (κ2) is 8.52. The highest BCUT2D eigenvalue weighted by Crippen LogP contribution is 2.35. The van der Waals surface area contributed by atoms with Crippen LogP contribution >= 0.6 is 0 Å². The van der Waals surface area contributed by atoms with Gasteiger partial charge in [0.15, 0.2) is 0 Å². The molecule has 0 bridgehead atoms. The van der Waals surface area contributed by atoms with E-state index in [0.29, 0.717) is 32.0 Å². The van der Waals surface area contributed by atoms with Crippen molar-refractivity contribution >= 4 is 17.4 Å². The maximum absolute atomic E-state index is 13.1. The van der Waals surface area contributed by atoms with Gasteiger partial charge >= 0.3 is 12.2 Å². The lowest BCUT2D eigenvalue weighted by Gasteiger charge is -2.31. The van der Waals surface area contributed by atoms with Crippen LogP contribution in [0.3, 0.4) is 0 Å². The number of alkyl halides is 3. The van der Waals surface area contributed by atoms with Crippen molar-refractivity contribution in [1.82, 2.24) is 5.32 Å². The van der Waals surface area contributed by atoms with Crippen LogP contribution in [0.1, 0.15) is 24.1 Å². The van der Waals surface area contributed by atoms with Crippen LogP contribution in [0.15, 0.2) is 48.5 Å². The van der Waals surface area contributed by atoms with Gasteiger partial charge in [-0.1, -0.05) is 30.3 Å². The summed E-state index contributed by atoms with van der Waals surface area (Å²) in [5.41, 5.74) is 0.749. The number of hydrogen-bond acceptors (Lipinski definition) is 3. The van der Waals surface area contributed by atoms with Gasteiger partial charge in [-0.3, -0.25) is 0 Å². The molecule has 0 radical (unpaired) electrons. The number of amides is 2. The fourth-order valence-electron chi connectivity index (χ4n) is 3.07. The third-order valence-electron chi connectivity index (χ3n) is 4.57. The van der Waals surface area contributed by atoms with Crippen molar-refractivity contribution in [2.45, 2.75) is 19.1 Å². The molecule has 1 atom stereocenters. The van der Waals surface area contributed by atoms with Gasteiger partial charge in [-0.15, -0.1) is 0 Å². The minimum atomic E-state index is -4.49. The summed E-state index contributed by atoms with van der Waals surface area (Å²) in [6.07, 6.45) is -4.49. The first kappa shape index (κ1) is 20.0. The SMILES string of the molecule is CC(NC(=O)Nc1cc(C(F)(F)F)ccc1N1CCOCC1)c1ccccc1. The molecule has 1 aliphatic rings. The van der Waals surface area contributed by atoms with Crippen LogP contribution in [0.25, 0.3) is 0 Å². The molecule has 8 heteroatoms. The van der Waals surface area contributed by atoms with Crippen LogP contribution in [0, 0.1) is 0 Å². The highest BCUT2D eigenvalue weighted by Gasteiger charge is 2.32. The highest BCUT2D eigenvalue weighted by molar-refractivity contribution is 5.93. The summed E-state index contributed by atoms with van der Waals surface area (Å²) in [5.74, 6) is 0. The largest absolute Gasteiger partial charge is 0.416 e. The van der Waals surface area contributed by atoms with Gasteiger partial charge in [0.05, 0.1) is 36.2 Å². The summed E-state index contributed by atoms with van der Waals surface area (Å²) in [4.78, 5) is 14.3. The van der Waals surface area contributed by atoms with E-state index in [-0.39, 0.29) is 11.7 Å². The molecule has 2 N–H and O–H groups in total. The van der Waals surface area contributed by atoms with E-state index in [1.807, 2.05) is 42.2 Å². The van der Waals surface area contributed by atoms with E-state index in [9.17, 15) is 18.0 Å². The standard InChI is InChI=1S/C20H22F3N3O2/c1-14(15-5-3-2-4-6-15)24-19(27)25-17-13-16(20(21,22)23)7-8-18(17)26-9-11-28-12-10-26/h2-8,13-14H,9-12H2,1H3,(H2,24,25,27). The molecule has 1 heterocycles. The zero-order chi connectivity index (χ0) is 20.1. The number of carbonyl (C=O) groups excluding carboxylic acids is 1. The first-order valence-corrected chi connectivity index (χ1v) is 9.01. The van der Waals surface area contributed by atoms with E-state index in [2.05, 4.69) is 10.6 Å². The molecule has 3 rings (SSSR count). The highest BCUT2D eigenvalue weighted by atomic mass is 19.4. The van der Waals surface area contributed by atoms with Crippen molar-refractivity contribution in [3.05, 3.63) is 59.7 Å². The average molecular weight is 393 g/mol. The van der Waals surface area contributed by atoms with E-state index in [1.54, 1.807) is 0 Å². The fourth-order valence-corrected chi connectivity index (χ4v) is 3.07. The minimum absolute atomic E-state index is 0.120. The molecule has 1 unspecified atom stereocenters. The Bertz CT molecular complexity index is 806. The van der Waals surface area contributed by atoms with Gasteiger partial charge in [0.2, 0.25) is 0 Å². The molecule has 5 nitrogen and oxygen atoms in total. The van der Waals surface area contributed by atoms with Crippen LogP contribution in [-0.2, 0) is 10.9 Å². The lowest BCUT2D eigenvalue weighted by Crippen LogP contribution is -2.37. The van der Waals surface area contributed by atoms with Crippen molar-refractivity contribution < 1.29 is 22.7 Å². The summed E-state index contributed by atoms with van der Waals surface area (Å²) < 4.78 is 44.7. The third-order valence-corrected chi connectivity index (χ3v) is 4.57. The second-order valence-electron chi connectivity index (χ2n) is 6.56. The van der Waals surface area contributed by atoms with Gasteiger partial charge in [-0.25, -0.2) is 4.79 Å². The van der Waals surface area contributed by atoms with Crippen LogP contribution in [-0.4, -0.2) is 32.3 Å². The zero-order valence-electron chi connectivity index (χ0n) is 15.4. The van der Waals surface area contributed by atoms with E-state index < -0.39 is 17.8 Å². The molecule has 2 aromatic rings. The molecule has 0 aliphatic carbocycles. The van der Waals surface area contributed by atoms with Crippen molar-refractivity contribution in [2.24, 2.45) is 0 Å². The number of nitrogens with one attached hydrogen (secondary N) is 2. The molecule has 28 heavy (non-hydrogen) atoms. The molecule has 150 valence electrons. The number of hydrogen-bond donors (Lipinski definition) is 2. The maximum Gasteiger partial charge on any atom is 0.416 e. The quantitative estimate of drug-likeness (QED) is 0.808. The summed E-state index contributed by atoms with van der Waals surface area (Å²) >= 11 is 0. The van der Waals surface area contributed by atoms with E-state index in [1.165, 1.54) is 6.07 Å². The van der Waals surface area contributed by atoms with E-state index >= 15 is 0 Å². The number of halogens is 3. The number of morpholine rings is 1. The van der Waals surface area contributed by atoms with Gasteiger partial charge in [0, 0.05) is 13.1 Å². The van der Waals surface area contributed by atoms with Gasteiger partial charge in [-0.05, 0) is 30.7 Å². The first-order chi connectivity index (χ1) is 13.3. The number of benzene rings is 2. The fraction of sp³-hybridized carbons (Fsp3) is 0.350. The summed E-state index contributed by atoms with van der Waals surface area (Å²) in [5, 5.41) is 5.35. The monoisotopic (exact) mass is 393 g/mol. The number of anilines is 2. The predicted molar refractivity (Wildman–Crippen MR) is 101 cm³/mol. The maximum atomic E-state index is 13.1. The van der Waals surface area contributed by atoms with Gasteiger partial charge in [0.1, 0.15) is 0 Å². The summed E-state index contributed by atoms with van der Waals surface area (Å²) in [6, 6.07) is 11.9. The number of urea groups is 1. The van der Waals surface area contributed by atoms with Crippen molar-refractivity contribution in [2.75, 3.05) is 36.5 Å². The van der Waals surface area contributed by atoms with Crippen LogP contribution < -0.4 is 15.5 Å². The second-order valence-corrected chi connectivity index (χ2v) is 6.56. The van der Waals surface area contributed by atoms with Gasteiger partial charge in [0.25, 0.3) is 0 Å². The van der Waals surface area contributed by atoms with Crippen molar-refractivity contribution in [1.29, 1.82) is 0 Å². The third kappa shape index (κ3) is 4.95. The number of ether oxygens (including phenoxy) is 1. The smallest absolute Gasteiger partial charge is 0.378 e. The van der Waals surface area contributed by atoms with Gasteiger partial charge < -0.3 is 20.3 Å². The van der Waals surface area contributed by atoms with Crippen LogP contribution in [0.5, 0.6) is 0 Å². The van der Waals surface area contributed by atoms with E-state index in [4.69, 9.17) is 4.74 Å². The molecule has 2 amide bonds. The Morgan fingerprint density at radius 1 is 1.11 bits per heavy atom. The molecule has 1 fully saturated rings. The minimum Gasteiger partial charge on any atom is -0.378 e. The predicted octanol–water partition coefficient (Wildman–Crippen LogP) is 4.42. The Labute approximate surface area is 161 Å². The Morgan fingerprint density at radius 3 is 2.43 bits per heavy atom. The zero-order valence-corrected chi connectivity index (χ0v) is 15.4. The molecule has 0 saturated carbocycles. The Kier molecular flexibility index (Phi) is 6.08. The van der Waals surface area contributed by atoms with Crippen LogP contribution in [0.2, 0.25) is 0 Å². The molecule has 1 saturated heterocycles. The Balaban J connectivity index is 1.80. The summed E-state index contributed by atoms with van der Waals surface area (Å²) in [6.45, 7) is 3.86. The molecular weight excluding hydrogens is 371 g/mol.